The molecule has 2 aliphatic rings. The van der Waals surface area contributed by atoms with Gasteiger partial charge in [0.25, 0.3) is 0 Å². The number of imidazole rings is 1. The molecule has 0 aliphatic carbocycles. The van der Waals surface area contributed by atoms with Crippen molar-refractivity contribution in [3.8, 4) is 5.75 Å². The van der Waals surface area contributed by atoms with Crippen LogP contribution in [-0.4, -0.2) is 39.2 Å². The van der Waals surface area contributed by atoms with E-state index < -0.39 is 5.54 Å². The Hall–Kier alpha value is -3.19. The number of aromatic nitrogens is 2. The maximum atomic E-state index is 14.1. The van der Waals surface area contributed by atoms with Crippen molar-refractivity contribution in [2.24, 2.45) is 0 Å². The van der Waals surface area contributed by atoms with Crippen LogP contribution in [0.2, 0.25) is 0 Å². The van der Waals surface area contributed by atoms with Gasteiger partial charge in [0, 0.05) is 37.2 Å². The van der Waals surface area contributed by atoms with Crippen LogP contribution in [0.4, 0.5) is 14.9 Å². The third-order valence-corrected chi connectivity index (χ3v) is 6.67. The lowest BCUT2D eigenvalue weighted by atomic mass is 9.81. The summed E-state index contributed by atoms with van der Waals surface area (Å²) < 4.78 is 21.5. The first kappa shape index (κ1) is 21.6. The zero-order valence-electron chi connectivity index (χ0n) is 19.2. The first-order valence-electron chi connectivity index (χ1n) is 11.5. The number of anilines is 1. The van der Waals surface area contributed by atoms with Crippen molar-refractivity contribution < 1.29 is 13.9 Å². The topological polar surface area (TPSA) is 50.6 Å². The number of nitrogens with zero attached hydrogens (tertiary/aromatic N) is 4. The number of amides is 1. The van der Waals surface area contributed by atoms with Crippen molar-refractivity contribution in [3.63, 3.8) is 0 Å². The Kier molecular flexibility index (Phi) is 5.44. The molecule has 0 unspecified atom stereocenters. The zero-order chi connectivity index (χ0) is 23.2. The number of carbonyl (C=O) groups excluding carboxylic acids is 1. The third kappa shape index (κ3) is 3.80. The number of halogens is 1. The monoisotopic (exact) mass is 448 g/mol. The number of benzene rings is 2. The van der Waals surface area contributed by atoms with Crippen LogP contribution in [0.15, 0.2) is 60.9 Å². The summed E-state index contributed by atoms with van der Waals surface area (Å²) >= 11 is 0. The van der Waals surface area contributed by atoms with Crippen LogP contribution >= 0.6 is 0 Å². The maximum Gasteiger partial charge on any atom is 0.335 e. The fourth-order valence-corrected chi connectivity index (χ4v) is 5.30. The Morgan fingerprint density at radius 2 is 2.03 bits per heavy atom. The van der Waals surface area contributed by atoms with Crippen LogP contribution in [0.1, 0.15) is 45.0 Å². The molecule has 0 saturated carbocycles. The molecule has 172 valence electrons. The molecule has 2 aliphatic heterocycles. The minimum absolute atomic E-state index is 0.131. The van der Waals surface area contributed by atoms with Gasteiger partial charge < -0.3 is 4.74 Å². The minimum atomic E-state index is -0.590. The molecule has 1 saturated heterocycles. The van der Waals surface area contributed by atoms with Gasteiger partial charge >= 0.3 is 6.03 Å². The number of ether oxygens (including phenoxy) is 1. The van der Waals surface area contributed by atoms with E-state index in [0.717, 1.165) is 31.1 Å². The van der Waals surface area contributed by atoms with E-state index in [1.54, 1.807) is 34.0 Å². The quantitative estimate of drug-likeness (QED) is 0.540. The molecule has 7 heteroatoms. The molecule has 3 heterocycles. The SMILES string of the molecule is CC(C)Oc1cccc(CN2CC[C@@]3(C[C@@H]2C)c2nccn2C(=O)N3c2cccc(F)c2)c1. The van der Waals surface area contributed by atoms with Gasteiger partial charge in [0.2, 0.25) is 0 Å². The van der Waals surface area contributed by atoms with E-state index in [1.807, 2.05) is 26.0 Å². The largest absolute Gasteiger partial charge is 0.491 e. The van der Waals surface area contributed by atoms with E-state index in [0.29, 0.717) is 12.1 Å². The number of fused-ring (bicyclic) bond motifs is 2. The van der Waals surface area contributed by atoms with Gasteiger partial charge in [-0.2, -0.15) is 0 Å². The van der Waals surface area contributed by atoms with Gasteiger partial charge in [0.1, 0.15) is 22.9 Å². The maximum absolute atomic E-state index is 14.1. The highest BCUT2D eigenvalue weighted by Crippen LogP contribution is 2.47. The highest BCUT2D eigenvalue weighted by molar-refractivity contribution is 5.98. The zero-order valence-corrected chi connectivity index (χ0v) is 19.2. The van der Waals surface area contributed by atoms with Crippen molar-refractivity contribution in [2.75, 3.05) is 11.4 Å². The Labute approximate surface area is 193 Å². The van der Waals surface area contributed by atoms with Crippen LogP contribution < -0.4 is 9.64 Å². The Morgan fingerprint density at radius 3 is 2.79 bits per heavy atom. The summed E-state index contributed by atoms with van der Waals surface area (Å²) in [5, 5.41) is 0. The summed E-state index contributed by atoms with van der Waals surface area (Å²) in [6, 6.07) is 14.5. The fourth-order valence-electron chi connectivity index (χ4n) is 5.30. The molecule has 1 fully saturated rings. The summed E-state index contributed by atoms with van der Waals surface area (Å²) in [4.78, 5) is 22.1. The number of carbonyl (C=O) groups is 1. The molecule has 0 radical (unpaired) electrons. The van der Waals surface area contributed by atoms with Crippen LogP contribution in [-0.2, 0) is 12.1 Å². The lowest BCUT2D eigenvalue weighted by molar-refractivity contribution is 0.0967. The van der Waals surface area contributed by atoms with Gasteiger partial charge in [-0.25, -0.2) is 14.2 Å². The lowest BCUT2D eigenvalue weighted by Crippen LogP contribution is -2.54. The standard InChI is InChI=1S/C26H29FN4O2/c1-18(2)33-23-9-4-6-20(14-23)17-29-12-10-26(16-19(29)3)24-28-11-13-30(24)25(32)31(26)22-8-5-7-21(27)15-22/h4-9,11,13-15,18-19H,10,12,16-17H2,1-3H3/t19-,26+/m0/s1. The first-order chi connectivity index (χ1) is 15.9. The predicted octanol–water partition coefficient (Wildman–Crippen LogP) is 5.18. The second-order valence-electron chi connectivity index (χ2n) is 9.34. The van der Waals surface area contributed by atoms with Crippen LogP contribution in [0.5, 0.6) is 5.75 Å². The summed E-state index contributed by atoms with van der Waals surface area (Å²) in [6.45, 7) is 7.83. The third-order valence-electron chi connectivity index (χ3n) is 6.67. The highest BCUT2D eigenvalue weighted by atomic mass is 19.1. The molecule has 0 bridgehead atoms. The van der Waals surface area contributed by atoms with E-state index in [9.17, 15) is 9.18 Å². The van der Waals surface area contributed by atoms with Gasteiger partial charge in [-0.15, -0.1) is 0 Å². The van der Waals surface area contributed by atoms with Gasteiger partial charge in [-0.1, -0.05) is 18.2 Å². The van der Waals surface area contributed by atoms with E-state index >= 15 is 0 Å². The molecule has 33 heavy (non-hydrogen) atoms. The summed E-state index contributed by atoms with van der Waals surface area (Å²) in [5.41, 5.74) is 1.18. The molecule has 2 aromatic carbocycles. The second-order valence-corrected chi connectivity index (χ2v) is 9.34. The van der Waals surface area contributed by atoms with Crippen molar-refractivity contribution in [1.29, 1.82) is 0 Å². The number of piperidine rings is 1. The average Bonchev–Trinajstić information content (AvgIpc) is 3.33. The molecule has 6 nitrogen and oxygen atoms in total. The Morgan fingerprint density at radius 1 is 1.21 bits per heavy atom. The fraction of sp³-hybridized carbons (Fsp3) is 0.385. The molecular weight excluding hydrogens is 419 g/mol. The van der Waals surface area contributed by atoms with Gasteiger partial charge in [0.15, 0.2) is 0 Å². The van der Waals surface area contributed by atoms with Crippen LogP contribution in [0, 0.1) is 5.82 Å². The number of rotatable bonds is 5. The van der Waals surface area contributed by atoms with E-state index in [-0.39, 0.29) is 24.0 Å². The molecule has 5 rings (SSSR count). The second kappa shape index (κ2) is 8.30. The molecule has 2 atom stereocenters. The molecule has 0 N–H and O–H groups in total. The van der Waals surface area contributed by atoms with Gasteiger partial charge in [0.05, 0.1) is 6.10 Å². The van der Waals surface area contributed by atoms with Gasteiger partial charge in [-0.05, 0) is 69.5 Å². The lowest BCUT2D eigenvalue weighted by Gasteiger charge is -2.46. The van der Waals surface area contributed by atoms with Crippen molar-refractivity contribution in [3.05, 3.63) is 78.1 Å². The average molecular weight is 449 g/mol. The van der Waals surface area contributed by atoms with E-state index in [2.05, 4.69) is 28.9 Å². The summed E-state index contributed by atoms with van der Waals surface area (Å²) in [7, 11) is 0. The molecule has 1 aromatic heterocycles. The van der Waals surface area contributed by atoms with Gasteiger partial charge in [-0.3, -0.25) is 14.4 Å². The highest BCUT2D eigenvalue weighted by Gasteiger charge is 2.54. The van der Waals surface area contributed by atoms with Crippen molar-refractivity contribution in [1.82, 2.24) is 14.5 Å². The summed E-state index contributed by atoms with van der Waals surface area (Å²) in [5.74, 6) is 1.27. The van der Waals surface area contributed by atoms with Crippen molar-refractivity contribution in [2.45, 2.75) is 57.8 Å². The number of likely N-dealkylation sites (tertiary alicyclic amines) is 1. The number of hydrogen-bond donors (Lipinski definition) is 0. The van der Waals surface area contributed by atoms with E-state index in [4.69, 9.17) is 4.74 Å². The molecule has 3 aromatic rings. The predicted molar refractivity (Wildman–Crippen MR) is 125 cm³/mol. The Bertz CT molecular complexity index is 1180. The molecule has 1 spiro atoms. The van der Waals surface area contributed by atoms with E-state index in [1.165, 1.54) is 17.7 Å². The minimum Gasteiger partial charge on any atom is -0.491 e. The first-order valence-corrected chi connectivity index (χ1v) is 11.5. The normalized spacial score (nSPS) is 22.9. The molecule has 1 amide bonds. The van der Waals surface area contributed by atoms with Crippen LogP contribution in [0.25, 0.3) is 0 Å². The summed E-state index contributed by atoms with van der Waals surface area (Å²) in [6.07, 6.45) is 4.95. The number of hydrogen-bond acceptors (Lipinski definition) is 4. The Balaban J connectivity index is 1.42. The van der Waals surface area contributed by atoms with Crippen molar-refractivity contribution >= 4 is 11.7 Å². The smallest absolute Gasteiger partial charge is 0.335 e. The van der Waals surface area contributed by atoms with Crippen LogP contribution in [0.3, 0.4) is 0 Å². The molecular formula is C26H29FN4O2.